The van der Waals surface area contributed by atoms with E-state index in [1.54, 1.807) is 12.1 Å². The molecule has 2 amide bonds. The Kier molecular flexibility index (Phi) is 8.64. The number of imide groups is 1. The Labute approximate surface area is 240 Å². The van der Waals surface area contributed by atoms with E-state index in [2.05, 4.69) is 31.0 Å². The van der Waals surface area contributed by atoms with Gasteiger partial charge in [-0.25, -0.2) is 15.4 Å². The van der Waals surface area contributed by atoms with Gasteiger partial charge < -0.3 is 35.6 Å². The summed E-state index contributed by atoms with van der Waals surface area (Å²) >= 11 is 0. The zero-order chi connectivity index (χ0) is 29.8. The molecule has 13 nitrogen and oxygen atoms in total. The summed E-state index contributed by atoms with van der Waals surface area (Å²) in [4.78, 5) is 49.0. The smallest absolute Gasteiger partial charge is 0.276 e. The number of fused-ring (bicyclic) bond motifs is 2. The number of rotatable bonds is 13. The number of nitrogens with zero attached hydrogens (tertiary/aromatic N) is 2. The van der Waals surface area contributed by atoms with Crippen LogP contribution in [0.25, 0.3) is 22.4 Å². The summed E-state index contributed by atoms with van der Waals surface area (Å²) in [6, 6.07) is 10.5. The SMILES string of the molecule is Cc1ccc(OC[C@H](O)CNc2cc[nH]c(=O)c2-c2nc3cc4c(cc3[nH]2)C(=O)N(NCCNCCO)C4=O)c(C)c1. The summed E-state index contributed by atoms with van der Waals surface area (Å²) < 4.78 is 5.77. The zero-order valence-corrected chi connectivity index (χ0v) is 23.3. The first-order valence-electron chi connectivity index (χ1n) is 13.6. The molecule has 3 heterocycles. The maximum atomic E-state index is 12.9. The molecule has 2 aromatic carbocycles. The number of hydrogen-bond donors (Lipinski definition) is 7. The van der Waals surface area contributed by atoms with Crippen molar-refractivity contribution in [1.29, 1.82) is 0 Å². The molecule has 220 valence electrons. The maximum absolute atomic E-state index is 12.9. The molecular weight excluding hydrogens is 542 g/mol. The number of ether oxygens (including phenoxy) is 1. The van der Waals surface area contributed by atoms with Crippen LogP contribution in [-0.4, -0.2) is 87.5 Å². The molecule has 0 fully saturated rings. The molecule has 5 rings (SSSR count). The zero-order valence-electron chi connectivity index (χ0n) is 23.3. The molecule has 0 radical (unpaired) electrons. The molecular formula is C29H33N7O6. The average molecular weight is 576 g/mol. The van der Waals surface area contributed by atoms with E-state index < -0.39 is 23.5 Å². The van der Waals surface area contributed by atoms with Crippen molar-refractivity contribution >= 4 is 28.5 Å². The minimum Gasteiger partial charge on any atom is -0.491 e. The highest BCUT2D eigenvalue weighted by Gasteiger charge is 2.36. The third-order valence-electron chi connectivity index (χ3n) is 6.84. The monoisotopic (exact) mass is 575 g/mol. The van der Waals surface area contributed by atoms with Gasteiger partial charge in [0.1, 0.15) is 29.8 Å². The summed E-state index contributed by atoms with van der Waals surface area (Å²) in [5.74, 6) is -0.0619. The number of hydrazine groups is 1. The molecule has 2 aromatic heterocycles. The van der Waals surface area contributed by atoms with Gasteiger partial charge in [-0.15, -0.1) is 0 Å². The normalized spacial score (nSPS) is 13.6. The van der Waals surface area contributed by atoms with Crippen LogP contribution in [0.3, 0.4) is 0 Å². The summed E-state index contributed by atoms with van der Waals surface area (Å²) in [5, 5.41) is 26.4. The van der Waals surface area contributed by atoms with Crippen molar-refractivity contribution in [2.75, 3.05) is 44.7 Å². The van der Waals surface area contributed by atoms with Gasteiger partial charge in [-0.05, 0) is 43.7 Å². The Morgan fingerprint density at radius 2 is 1.81 bits per heavy atom. The molecule has 4 aromatic rings. The predicted molar refractivity (Wildman–Crippen MR) is 157 cm³/mol. The third kappa shape index (κ3) is 6.04. The van der Waals surface area contributed by atoms with E-state index in [4.69, 9.17) is 9.84 Å². The molecule has 7 N–H and O–H groups in total. The van der Waals surface area contributed by atoms with Crippen molar-refractivity contribution in [1.82, 2.24) is 30.7 Å². The first-order chi connectivity index (χ1) is 20.3. The molecule has 1 aliphatic rings. The number of imidazole rings is 1. The van der Waals surface area contributed by atoms with Crippen molar-refractivity contribution in [2.24, 2.45) is 0 Å². The quantitative estimate of drug-likeness (QED) is 0.0899. The van der Waals surface area contributed by atoms with Gasteiger partial charge in [0.15, 0.2) is 0 Å². The number of nitrogens with one attached hydrogen (secondary N) is 5. The predicted octanol–water partition coefficient (Wildman–Crippen LogP) is 1.07. The minimum absolute atomic E-state index is 0.00826. The lowest BCUT2D eigenvalue weighted by atomic mass is 10.1. The number of anilines is 1. The van der Waals surface area contributed by atoms with E-state index in [0.717, 1.165) is 16.1 Å². The molecule has 0 unspecified atom stereocenters. The van der Waals surface area contributed by atoms with E-state index in [0.29, 0.717) is 42.1 Å². The van der Waals surface area contributed by atoms with Crippen LogP contribution >= 0.6 is 0 Å². The molecule has 0 aliphatic carbocycles. The molecule has 42 heavy (non-hydrogen) atoms. The Bertz CT molecular complexity index is 1630. The van der Waals surface area contributed by atoms with Crippen molar-refractivity contribution in [3.05, 3.63) is 75.2 Å². The number of carbonyl (C=O) groups is 2. The Balaban J connectivity index is 1.30. The van der Waals surface area contributed by atoms with E-state index in [9.17, 15) is 19.5 Å². The van der Waals surface area contributed by atoms with Crippen LogP contribution in [-0.2, 0) is 0 Å². The fourth-order valence-electron chi connectivity index (χ4n) is 4.76. The van der Waals surface area contributed by atoms with Gasteiger partial charge in [0, 0.05) is 32.4 Å². The van der Waals surface area contributed by atoms with Crippen molar-refractivity contribution < 1.29 is 24.5 Å². The lowest BCUT2D eigenvalue weighted by molar-refractivity contribution is 0.0568. The number of aromatic amines is 2. The van der Waals surface area contributed by atoms with Crippen molar-refractivity contribution in [3.63, 3.8) is 0 Å². The molecule has 0 spiro atoms. The molecule has 0 saturated heterocycles. The van der Waals surface area contributed by atoms with E-state index in [-0.39, 0.29) is 42.3 Å². The number of amides is 2. The number of aliphatic hydroxyl groups is 2. The summed E-state index contributed by atoms with van der Waals surface area (Å²) in [6.07, 6.45) is 0.623. The first kappa shape index (κ1) is 29.0. The van der Waals surface area contributed by atoms with Gasteiger partial charge >= 0.3 is 0 Å². The Morgan fingerprint density at radius 3 is 2.57 bits per heavy atom. The second-order valence-corrected chi connectivity index (χ2v) is 10.0. The molecule has 1 atom stereocenters. The highest BCUT2D eigenvalue weighted by atomic mass is 16.5. The number of aliphatic hydroxyl groups excluding tert-OH is 2. The number of hydrogen-bond acceptors (Lipinski definition) is 10. The maximum Gasteiger partial charge on any atom is 0.276 e. The number of aromatic nitrogens is 3. The number of benzene rings is 2. The lowest BCUT2D eigenvalue weighted by Gasteiger charge is -2.16. The average Bonchev–Trinajstić information content (AvgIpc) is 3.47. The number of carbonyl (C=O) groups excluding carboxylic acids is 2. The summed E-state index contributed by atoms with van der Waals surface area (Å²) in [5.41, 5.74) is 6.45. The van der Waals surface area contributed by atoms with Crippen LogP contribution in [0.5, 0.6) is 5.75 Å². The highest BCUT2D eigenvalue weighted by molar-refractivity contribution is 6.22. The van der Waals surface area contributed by atoms with Crippen LogP contribution in [0.4, 0.5) is 5.69 Å². The number of H-pyrrole nitrogens is 2. The van der Waals surface area contributed by atoms with Crippen LogP contribution in [0.1, 0.15) is 31.8 Å². The van der Waals surface area contributed by atoms with Gasteiger partial charge in [0.25, 0.3) is 17.4 Å². The van der Waals surface area contributed by atoms with Gasteiger partial charge in [0.05, 0.1) is 34.5 Å². The van der Waals surface area contributed by atoms with Crippen LogP contribution in [0.15, 0.2) is 47.4 Å². The minimum atomic E-state index is -0.865. The van der Waals surface area contributed by atoms with Crippen molar-refractivity contribution in [3.8, 4) is 17.1 Å². The van der Waals surface area contributed by atoms with Crippen LogP contribution < -0.4 is 26.4 Å². The number of pyridine rings is 1. The molecule has 0 bridgehead atoms. The van der Waals surface area contributed by atoms with Crippen LogP contribution in [0.2, 0.25) is 0 Å². The standard InChI is InChI=1S/C29H33N7O6/c1-16-3-4-24(17(2)11-16)42-15-18(38)14-32-21-5-6-31-27(39)25(21)26-34-22-12-19-20(13-23(22)35-26)29(41)36(28(19)40)33-8-7-30-9-10-37/h3-6,11-13,18,30,33,37-38H,7-10,14-15H2,1-2H3,(H,34,35)(H2,31,32,39)/t18-/m1/s1. The van der Waals surface area contributed by atoms with Gasteiger partial charge in [-0.2, -0.15) is 0 Å². The van der Waals surface area contributed by atoms with Crippen LogP contribution in [0, 0.1) is 13.8 Å². The van der Waals surface area contributed by atoms with Gasteiger partial charge in [-0.1, -0.05) is 17.7 Å². The van der Waals surface area contributed by atoms with Gasteiger partial charge in [-0.3, -0.25) is 14.4 Å². The van der Waals surface area contributed by atoms with E-state index in [1.165, 1.54) is 12.3 Å². The second kappa shape index (κ2) is 12.5. The Hall–Kier alpha value is -4.56. The number of aryl methyl sites for hydroxylation is 2. The van der Waals surface area contributed by atoms with Gasteiger partial charge in [0.2, 0.25) is 0 Å². The third-order valence-corrected chi connectivity index (χ3v) is 6.84. The largest absolute Gasteiger partial charge is 0.491 e. The lowest BCUT2D eigenvalue weighted by Crippen LogP contribution is -2.45. The topological polar surface area (TPSA) is 185 Å². The van der Waals surface area contributed by atoms with Crippen molar-refractivity contribution in [2.45, 2.75) is 20.0 Å². The fraction of sp³-hybridized carbons (Fsp3) is 0.310. The molecule has 0 saturated carbocycles. The van der Waals surface area contributed by atoms with E-state index >= 15 is 0 Å². The fourth-order valence-corrected chi connectivity index (χ4v) is 4.76. The highest BCUT2D eigenvalue weighted by Crippen LogP contribution is 2.29. The summed E-state index contributed by atoms with van der Waals surface area (Å²) in [6.45, 7) is 5.27. The molecule has 13 heteroatoms. The first-order valence-corrected chi connectivity index (χ1v) is 13.6. The molecule has 1 aliphatic heterocycles. The second-order valence-electron chi connectivity index (χ2n) is 10.0. The Morgan fingerprint density at radius 1 is 1.02 bits per heavy atom. The summed E-state index contributed by atoms with van der Waals surface area (Å²) in [7, 11) is 0. The van der Waals surface area contributed by atoms with E-state index in [1.807, 2.05) is 32.0 Å².